The monoisotopic (exact) mass is 423 g/mol. The Balaban J connectivity index is 1.43. The molecule has 2 aromatic carbocycles. The van der Waals surface area contributed by atoms with Crippen LogP contribution in [0.1, 0.15) is 23.7 Å². The average Bonchev–Trinajstić information content (AvgIpc) is 2.82. The maximum absolute atomic E-state index is 12.5. The lowest BCUT2D eigenvalue weighted by atomic mass is 10.2. The maximum atomic E-state index is 12.5. The molecule has 31 heavy (non-hydrogen) atoms. The molecule has 1 aliphatic heterocycles. The van der Waals surface area contributed by atoms with Crippen molar-refractivity contribution in [2.24, 2.45) is 0 Å². The Morgan fingerprint density at radius 1 is 0.903 bits per heavy atom. The quantitative estimate of drug-likeness (QED) is 0.637. The molecule has 164 valence electrons. The predicted molar refractivity (Wildman–Crippen MR) is 121 cm³/mol. The summed E-state index contributed by atoms with van der Waals surface area (Å²) in [5.41, 5.74) is 2.11. The minimum atomic E-state index is -0.484. The summed E-state index contributed by atoms with van der Waals surface area (Å²) >= 11 is 0. The van der Waals surface area contributed by atoms with Crippen molar-refractivity contribution in [3.63, 3.8) is 0 Å². The predicted octanol–water partition coefficient (Wildman–Crippen LogP) is 2.30. The van der Waals surface area contributed by atoms with Crippen molar-refractivity contribution in [1.29, 1.82) is 0 Å². The first-order valence-electron chi connectivity index (χ1n) is 10.6. The van der Waals surface area contributed by atoms with Crippen LogP contribution in [0.2, 0.25) is 0 Å². The van der Waals surface area contributed by atoms with Gasteiger partial charge in [-0.3, -0.25) is 9.59 Å². The molecule has 0 spiro atoms. The molecule has 8 heteroatoms. The van der Waals surface area contributed by atoms with E-state index in [1.807, 2.05) is 25.1 Å². The smallest absolute Gasteiger partial charge is 0.319 e. The van der Waals surface area contributed by atoms with Gasteiger partial charge in [0, 0.05) is 49.7 Å². The number of urea groups is 1. The second kappa shape index (κ2) is 11.0. The van der Waals surface area contributed by atoms with Gasteiger partial charge < -0.3 is 25.8 Å². The minimum Gasteiger partial charge on any atom is -0.368 e. The summed E-state index contributed by atoms with van der Waals surface area (Å²) in [5.74, 6) is -0.300. The summed E-state index contributed by atoms with van der Waals surface area (Å²) < 4.78 is 0. The average molecular weight is 424 g/mol. The number of nitrogens with zero attached hydrogens (tertiary/aromatic N) is 2. The van der Waals surface area contributed by atoms with Crippen molar-refractivity contribution in [2.75, 3.05) is 49.5 Å². The molecule has 1 saturated heterocycles. The molecule has 0 bridgehead atoms. The molecule has 3 N–H and O–H groups in total. The van der Waals surface area contributed by atoms with Crippen molar-refractivity contribution < 1.29 is 14.4 Å². The fourth-order valence-corrected chi connectivity index (χ4v) is 3.37. The number of hydrogen-bond donors (Lipinski definition) is 3. The fraction of sp³-hybridized carbons (Fsp3) is 0.348. The lowest BCUT2D eigenvalue weighted by Gasteiger charge is -2.36. The van der Waals surface area contributed by atoms with Crippen LogP contribution in [0.25, 0.3) is 0 Å². The van der Waals surface area contributed by atoms with Crippen molar-refractivity contribution >= 4 is 29.2 Å². The number of carbonyl (C=O) groups is 3. The van der Waals surface area contributed by atoms with Crippen LogP contribution in [0.15, 0.2) is 54.6 Å². The van der Waals surface area contributed by atoms with Crippen LogP contribution in [0.5, 0.6) is 0 Å². The zero-order valence-corrected chi connectivity index (χ0v) is 17.8. The number of para-hydroxylation sites is 1. The molecule has 2 aromatic rings. The number of anilines is 2. The molecule has 0 radical (unpaired) electrons. The van der Waals surface area contributed by atoms with Gasteiger partial charge in [0.1, 0.15) is 0 Å². The number of amides is 4. The largest absolute Gasteiger partial charge is 0.368 e. The lowest BCUT2D eigenvalue weighted by Crippen LogP contribution is -2.51. The number of piperazine rings is 1. The van der Waals surface area contributed by atoms with E-state index < -0.39 is 6.03 Å². The van der Waals surface area contributed by atoms with Gasteiger partial charge in [0.2, 0.25) is 5.91 Å². The summed E-state index contributed by atoms with van der Waals surface area (Å²) in [6, 6.07) is 16.3. The van der Waals surface area contributed by atoms with E-state index in [4.69, 9.17) is 0 Å². The van der Waals surface area contributed by atoms with Crippen LogP contribution in [-0.4, -0.2) is 62.0 Å². The third-order valence-electron chi connectivity index (χ3n) is 5.07. The molecular formula is C23H29N5O3. The highest BCUT2D eigenvalue weighted by Gasteiger charge is 2.21. The fourth-order valence-electron chi connectivity index (χ4n) is 3.37. The van der Waals surface area contributed by atoms with Crippen LogP contribution < -0.4 is 20.9 Å². The first-order chi connectivity index (χ1) is 15.1. The first-order valence-corrected chi connectivity index (χ1v) is 10.6. The van der Waals surface area contributed by atoms with Gasteiger partial charge in [-0.05, 0) is 36.8 Å². The van der Waals surface area contributed by atoms with Crippen molar-refractivity contribution in [3.05, 3.63) is 60.2 Å². The van der Waals surface area contributed by atoms with Crippen molar-refractivity contribution in [1.82, 2.24) is 15.5 Å². The van der Waals surface area contributed by atoms with E-state index in [2.05, 4.69) is 33.0 Å². The molecule has 0 atom stereocenters. The van der Waals surface area contributed by atoms with E-state index in [1.165, 1.54) is 0 Å². The van der Waals surface area contributed by atoms with E-state index in [1.54, 1.807) is 29.2 Å². The molecule has 0 aromatic heterocycles. The van der Waals surface area contributed by atoms with Crippen LogP contribution in [0.4, 0.5) is 16.2 Å². The molecule has 8 nitrogen and oxygen atoms in total. The Morgan fingerprint density at radius 3 is 2.35 bits per heavy atom. The zero-order chi connectivity index (χ0) is 22.1. The van der Waals surface area contributed by atoms with Gasteiger partial charge in [-0.25, -0.2) is 4.79 Å². The molecule has 0 saturated carbocycles. The molecule has 3 rings (SSSR count). The third kappa shape index (κ3) is 6.47. The minimum absolute atomic E-state index is 0.0755. The molecule has 1 aliphatic rings. The summed E-state index contributed by atoms with van der Waals surface area (Å²) in [7, 11) is 0. The Bertz CT molecular complexity index is 895. The van der Waals surface area contributed by atoms with Gasteiger partial charge in [-0.1, -0.05) is 31.2 Å². The summed E-state index contributed by atoms with van der Waals surface area (Å²) in [5, 5.41) is 8.07. The number of carbonyl (C=O) groups excluding carboxylic acids is 3. The van der Waals surface area contributed by atoms with E-state index >= 15 is 0 Å². The Hall–Kier alpha value is -3.55. The van der Waals surface area contributed by atoms with Crippen LogP contribution in [-0.2, 0) is 4.79 Å². The van der Waals surface area contributed by atoms with E-state index in [0.29, 0.717) is 30.9 Å². The maximum Gasteiger partial charge on any atom is 0.319 e. The van der Waals surface area contributed by atoms with Gasteiger partial charge in [-0.2, -0.15) is 0 Å². The van der Waals surface area contributed by atoms with E-state index in [-0.39, 0.29) is 18.4 Å². The van der Waals surface area contributed by atoms with Gasteiger partial charge in [0.05, 0.1) is 6.54 Å². The van der Waals surface area contributed by atoms with Gasteiger partial charge in [0.15, 0.2) is 0 Å². The lowest BCUT2D eigenvalue weighted by molar-refractivity contribution is -0.130. The SMILES string of the molecule is CCCNC(=O)c1cccc(NC(=O)NCC(=O)N2CCN(c3ccccc3)CC2)c1. The summed E-state index contributed by atoms with van der Waals surface area (Å²) in [6.45, 7) is 5.25. The highest BCUT2D eigenvalue weighted by atomic mass is 16.2. The molecule has 1 fully saturated rings. The van der Waals surface area contributed by atoms with Crippen LogP contribution in [0.3, 0.4) is 0 Å². The van der Waals surface area contributed by atoms with E-state index in [0.717, 1.165) is 25.2 Å². The molecular weight excluding hydrogens is 394 g/mol. The van der Waals surface area contributed by atoms with Gasteiger partial charge in [-0.15, -0.1) is 0 Å². The molecule has 0 unspecified atom stereocenters. The third-order valence-corrected chi connectivity index (χ3v) is 5.07. The van der Waals surface area contributed by atoms with Crippen molar-refractivity contribution in [3.8, 4) is 0 Å². The van der Waals surface area contributed by atoms with Gasteiger partial charge >= 0.3 is 6.03 Å². The topological polar surface area (TPSA) is 93.8 Å². The standard InChI is InChI=1S/C23H29N5O3/c1-2-11-24-22(30)18-7-6-8-19(16-18)26-23(31)25-17-21(29)28-14-12-27(13-15-28)20-9-4-3-5-10-20/h3-10,16H,2,11-15,17H2,1H3,(H,24,30)(H2,25,26,31). The molecule has 0 aliphatic carbocycles. The number of nitrogens with one attached hydrogen (secondary N) is 3. The Morgan fingerprint density at radius 2 is 1.65 bits per heavy atom. The highest BCUT2D eigenvalue weighted by molar-refractivity contribution is 5.97. The Labute approximate surface area is 182 Å². The summed E-state index contributed by atoms with van der Waals surface area (Å²) in [4.78, 5) is 40.7. The first kappa shape index (κ1) is 22.1. The summed E-state index contributed by atoms with van der Waals surface area (Å²) in [6.07, 6.45) is 0.849. The highest BCUT2D eigenvalue weighted by Crippen LogP contribution is 2.15. The van der Waals surface area contributed by atoms with E-state index in [9.17, 15) is 14.4 Å². The normalized spacial score (nSPS) is 13.5. The van der Waals surface area contributed by atoms with Crippen LogP contribution in [0, 0.1) is 0 Å². The zero-order valence-electron chi connectivity index (χ0n) is 17.8. The number of rotatable bonds is 7. The van der Waals surface area contributed by atoms with Gasteiger partial charge in [0.25, 0.3) is 5.91 Å². The number of benzene rings is 2. The Kier molecular flexibility index (Phi) is 7.86. The number of hydrogen-bond acceptors (Lipinski definition) is 4. The molecule has 1 heterocycles. The van der Waals surface area contributed by atoms with Crippen LogP contribution >= 0.6 is 0 Å². The second-order valence-corrected chi connectivity index (χ2v) is 7.35. The molecule has 4 amide bonds. The van der Waals surface area contributed by atoms with Crippen molar-refractivity contribution in [2.45, 2.75) is 13.3 Å². The second-order valence-electron chi connectivity index (χ2n) is 7.35.